The van der Waals surface area contributed by atoms with Crippen molar-refractivity contribution in [2.75, 3.05) is 25.6 Å². The van der Waals surface area contributed by atoms with Crippen LogP contribution in [0, 0.1) is 13.8 Å². The van der Waals surface area contributed by atoms with Crippen LogP contribution in [0.5, 0.6) is 0 Å². The maximum absolute atomic E-state index is 12.5. The zero-order chi connectivity index (χ0) is 18.2. The zero-order valence-corrected chi connectivity index (χ0v) is 14.8. The maximum atomic E-state index is 12.5. The first kappa shape index (κ1) is 18.6. The molecule has 0 bridgehead atoms. The Bertz CT molecular complexity index is 759. The van der Waals surface area contributed by atoms with Crippen molar-refractivity contribution < 1.29 is 14.3 Å². The van der Waals surface area contributed by atoms with Gasteiger partial charge in [0.25, 0.3) is 11.8 Å². The van der Waals surface area contributed by atoms with Crippen molar-refractivity contribution in [3.05, 3.63) is 58.9 Å². The van der Waals surface area contributed by atoms with E-state index < -0.39 is 0 Å². The Labute approximate surface area is 147 Å². The Balaban J connectivity index is 2.05. The van der Waals surface area contributed by atoms with E-state index in [2.05, 4.69) is 15.6 Å². The number of carbonyl (C=O) groups excluding carboxylic acids is 2. The molecular weight excluding hydrogens is 318 g/mol. The molecule has 132 valence electrons. The van der Waals surface area contributed by atoms with Crippen molar-refractivity contribution in [3.63, 3.8) is 0 Å². The van der Waals surface area contributed by atoms with Gasteiger partial charge in [0.2, 0.25) is 0 Å². The molecule has 0 saturated carbocycles. The van der Waals surface area contributed by atoms with Gasteiger partial charge in [-0.25, -0.2) is 0 Å². The lowest BCUT2D eigenvalue weighted by Gasteiger charge is -2.10. The summed E-state index contributed by atoms with van der Waals surface area (Å²) in [6, 6.07) is 8.94. The average molecular weight is 341 g/mol. The summed E-state index contributed by atoms with van der Waals surface area (Å²) in [5.41, 5.74) is 3.40. The largest absolute Gasteiger partial charge is 0.385 e. The number of rotatable bonds is 7. The van der Waals surface area contributed by atoms with Crippen molar-refractivity contribution in [2.24, 2.45) is 0 Å². The zero-order valence-electron chi connectivity index (χ0n) is 14.8. The highest BCUT2D eigenvalue weighted by atomic mass is 16.5. The van der Waals surface area contributed by atoms with Crippen LogP contribution in [0.4, 0.5) is 5.69 Å². The van der Waals surface area contributed by atoms with Crippen LogP contribution in [-0.2, 0) is 4.74 Å². The summed E-state index contributed by atoms with van der Waals surface area (Å²) >= 11 is 0. The summed E-state index contributed by atoms with van der Waals surface area (Å²) in [5, 5.41) is 5.63. The number of anilines is 1. The second kappa shape index (κ2) is 8.94. The number of nitrogens with zero attached hydrogens (tertiary/aromatic N) is 1. The summed E-state index contributed by atoms with van der Waals surface area (Å²) in [5.74, 6) is -0.581. The Hall–Kier alpha value is -2.73. The van der Waals surface area contributed by atoms with Gasteiger partial charge in [-0.1, -0.05) is 12.1 Å². The minimum Gasteiger partial charge on any atom is -0.385 e. The lowest BCUT2D eigenvalue weighted by molar-refractivity contribution is 0.0943. The third-order valence-corrected chi connectivity index (χ3v) is 3.71. The summed E-state index contributed by atoms with van der Waals surface area (Å²) in [6.07, 6.45) is 2.18. The fourth-order valence-electron chi connectivity index (χ4n) is 2.27. The summed E-state index contributed by atoms with van der Waals surface area (Å²) in [4.78, 5) is 28.6. The van der Waals surface area contributed by atoms with E-state index in [-0.39, 0.29) is 17.5 Å². The quantitative estimate of drug-likeness (QED) is 0.759. The maximum Gasteiger partial charge on any atom is 0.269 e. The molecule has 1 aromatic heterocycles. The molecule has 0 saturated heterocycles. The molecule has 25 heavy (non-hydrogen) atoms. The van der Waals surface area contributed by atoms with Gasteiger partial charge in [-0.15, -0.1) is 0 Å². The van der Waals surface area contributed by atoms with Gasteiger partial charge in [0, 0.05) is 37.7 Å². The van der Waals surface area contributed by atoms with E-state index in [4.69, 9.17) is 4.74 Å². The standard InChI is InChI=1S/C19H23N3O3/c1-13-5-6-14(2)16(11-13)22-18(23)15-7-9-20-17(12-15)19(24)21-8-4-10-25-3/h5-7,9,11-12H,4,8,10H2,1-3H3,(H,21,24)(H,22,23). The molecule has 2 aromatic rings. The van der Waals surface area contributed by atoms with Crippen LogP contribution >= 0.6 is 0 Å². The smallest absolute Gasteiger partial charge is 0.269 e. The molecule has 0 fully saturated rings. The molecule has 1 aromatic carbocycles. The number of hydrogen-bond donors (Lipinski definition) is 2. The molecular formula is C19H23N3O3. The SMILES string of the molecule is COCCCNC(=O)c1cc(C(=O)Nc2cc(C)ccc2C)ccn1. The van der Waals surface area contributed by atoms with Crippen LogP contribution < -0.4 is 10.6 Å². The number of amides is 2. The monoisotopic (exact) mass is 341 g/mol. The van der Waals surface area contributed by atoms with Crippen LogP contribution in [0.2, 0.25) is 0 Å². The van der Waals surface area contributed by atoms with Crippen molar-refractivity contribution in [1.82, 2.24) is 10.3 Å². The van der Waals surface area contributed by atoms with Crippen LogP contribution in [-0.4, -0.2) is 37.1 Å². The number of pyridine rings is 1. The number of hydrogen-bond acceptors (Lipinski definition) is 4. The first-order valence-corrected chi connectivity index (χ1v) is 8.13. The second-order valence-corrected chi connectivity index (χ2v) is 5.80. The Kier molecular flexibility index (Phi) is 6.65. The molecule has 0 radical (unpaired) electrons. The summed E-state index contributed by atoms with van der Waals surface area (Å²) < 4.78 is 4.93. The lowest BCUT2D eigenvalue weighted by Crippen LogP contribution is -2.26. The van der Waals surface area contributed by atoms with Crippen molar-refractivity contribution in [3.8, 4) is 0 Å². The second-order valence-electron chi connectivity index (χ2n) is 5.80. The van der Waals surface area contributed by atoms with Crippen LogP contribution in [0.3, 0.4) is 0 Å². The highest BCUT2D eigenvalue weighted by Gasteiger charge is 2.12. The number of carbonyl (C=O) groups is 2. The Morgan fingerprint density at radius 1 is 1.12 bits per heavy atom. The molecule has 0 aliphatic carbocycles. The van der Waals surface area contributed by atoms with Crippen molar-refractivity contribution in [2.45, 2.75) is 20.3 Å². The van der Waals surface area contributed by atoms with E-state index >= 15 is 0 Å². The summed E-state index contributed by atoms with van der Waals surface area (Å²) in [7, 11) is 1.61. The fourth-order valence-corrected chi connectivity index (χ4v) is 2.27. The normalized spacial score (nSPS) is 10.4. The highest BCUT2D eigenvalue weighted by Crippen LogP contribution is 2.17. The molecule has 0 aliphatic rings. The molecule has 0 unspecified atom stereocenters. The predicted octanol–water partition coefficient (Wildman–Crippen LogP) is 2.72. The fraction of sp³-hybridized carbons (Fsp3) is 0.316. The molecule has 6 heteroatoms. The minimum absolute atomic E-state index is 0.214. The molecule has 0 aliphatic heterocycles. The molecule has 6 nitrogen and oxygen atoms in total. The van der Waals surface area contributed by atoms with E-state index in [1.807, 2.05) is 32.0 Å². The van der Waals surface area contributed by atoms with Gasteiger partial charge >= 0.3 is 0 Å². The van der Waals surface area contributed by atoms with Gasteiger partial charge in [-0.2, -0.15) is 0 Å². The Morgan fingerprint density at radius 3 is 2.68 bits per heavy atom. The topological polar surface area (TPSA) is 80.3 Å². The van der Waals surface area contributed by atoms with Gasteiger partial charge in [0.1, 0.15) is 5.69 Å². The first-order chi connectivity index (χ1) is 12.0. The number of aryl methyl sites for hydroxylation is 2. The lowest BCUT2D eigenvalue weighted by atomic mass is 10.1. The van der Waals surface area contributed by atoms with Crippen molar-refractivity contribution in [1.29, 1.82) is 0 Å². The van der Waals surface area contributed by atoms with Gasteiger partial charge in [0.15, 0.2) is 0 Å². The highest BCUT2D eigenvalue weighted by molar-refractivity contribution is 6.06. The molecule has 2 N–H and O–H groups in total. The van der Waals surface area contributed by atoms with Gasteiger partial charge in [0.05, 0.1) is 0 Å². The first-order valence-electron chi connectivity index (χ1n) is 8.13. The average Bonchev–Trinajstić information content (AvgIpc) is 2.61. The van der Waals surface area contributed by atoms with Gasteiger partial charge in [-0.05, 0) is 49.6 Å². The number of methoxy groups -OCH3 is 1. The van der Waals surface area contributed by atoms with E-state index in [1.54, 1.807) is 13.2 Å². The molecule has 0 spiro atoms. The van der Waals surface area contributed by atoms with Crippen molar-refractivity contribution >= 4 is 17.5 Å². The number of aromatic nitrogens is 1. The number of ether oxygens (including phenoxy) is 1. The van der Waals surface area contributed by atoms with Gasteiger partial charge < -0.3 is 15.4 Å². The predicted molar refractivity (Wildman–Crippen MR) is 96.9 cm³/mol. The minimum atomic E-state index is -0.308. The van der Waals surface area contributed by atoms with Crippen LogP contribution in [0.1, 0.15) is 38.4 Å². The van der Waals surface area contributed by atoms with E-state index in [1.165, 1.54) is 12.3 Å². The third kappa shape index (κ3) is 5.39. The molecule has 2 amide bonds. The number of benzene rings is 1. The molecule has 1 heterocycles. The summed E-state index contributed by atoms with van der Waals surface area (Å²) in [6.45, 7) is 4.97. The molecule has 0 atom stereocenters. The third-order valence-electron chi connectivity index (χ3n) is 3.71. The number of nitrogens with one attached hydrogen (secondary N) is 2. The van der Waals surface area contributed by atoms with E-state index in [0.29, 0.717) is 18.7 Å². The Morgan fingerprint density at radius 2 is 1.92 bits per heavy atom. The van der Waals surface area contributed by atoms with E-state index in [0.717, 1.165) is 23.2 Å². The van der Waals surface area contributed by atoms with Crippen LogP contribution in [0.15, 0.2) is 36.5 Å². The van der Waals surface area contributed by atoms with Gasteiger partial charge in [-0.3, -0.25) is 14.6 Å². The van der Waals surface area contributed by atoms with Crippen LogP contribution in [0.25, 0.3) is 0 Å². The van der Waals surface area contributed by atoms with E-state index in [9.17, 15) is 9.59 Å². The molecule has 2 rings (SSSR count).